The highest BCUT2D eigenvalue weighted by Gasteiger charge is 2.10. The Kier molecular flexibility index (Phi) is 5.29. The molecule has 1 aromatic rings. The molecule has 2 nitrogen and oxygen atoms in total. The largest absolute Gasteiger partial charge is 0.392 e. The maximum absolute atomic E-state index is 9.10. The zero-order valence-corrected chi connectivity index (χ0v) is 11.8. The Morgan fingerprint density at radius 2 is 2.12 bits per heavy atom. The van der Waals surface area contributed by atoms with Crippen molar-refractivity contribution in [2.75, 3.05) is 11.9 Å². The van der Waals surface area contributed by atoms with Crippen LogP contribution in [0.15, 0.2) is 22.7 Å². The smallest absolute Gasteiger partial charge is 0.0692 e. The highest BCUT2D eigenvalue weighted by molar-refractivity contribution is 9.10. The number of rotatable bonds is 5. The van der Waals surface area contributed by atoms with Gasteiger partial charge < -0.3 is 10.0 Å². The van der Waals surface area contributed by atoms with Crippen molar-refractivity contribution in [3.63, 3.8) is 0 Å². The molecule has 1 rings (SSSR count). The molecule has 0 saturated carbocycles. The summed E-state index contributed by atoms with van der Waals surface area (Å²) in [5.74, 6) is 0. The molecule has 0 amide bonds. The van der Waals surface area contributed by atoms with Crippen LogP contribution in [0.1, 0.15) is 32.3 Å². The Morgan fingerprint density at radius 3 is 2.62 bits per heavy atom. The first-order valence-corrected chi connectivity index (χ1v) is 6.51. The number of aliphatic hydroxyl groups is 1. The van der Waals surface area contributed by atoms with Gasteiger partial charge in [0.2, 0.25) is 0 Å². The van der Waals surface area contributed by atoms with E-state index in [1.807, 2.05) is 6.07 Å². The minimum Gasteiger partial charge on any atom is -0.392 e. The minimum atomic E-state index is 0.0785. The minimum absolute atomic E-state index is 0.0785. The van der Waals surface area contributed by atoms with E-state index < -0.39 is 0 Å². The number of hydrogen-bond acceptors (Lipinski definition) is 2. The number of nitrogens with zero attached hydrogens (tertiary/aromatic N) is 1. The van der Waals surface area contributed by atoms with Gasteiger partial charge in [-0.3, -0.25) is 0 Å². The van der Waals surface area contributed by atoms with Gasteiger partial charge in [0.1, 0.15) is 0 Å². The van der Waals surface area contributed by atoms with Crippen LogP contribution in [-0.4, -0.2) is 18.2 Å². The van der Waals surface area contributed by atoms with Crippen LogP contribution in [0.5, 0.6) is 0 Å². The summed E-state index contributed by atoms with van der Waals surface area (Å²) >= 11 is 3.48. The van der Waals surface area contributed by atoms with Gasteiger partial charge in [0.05, 0.1) is 6.61 Å². The molecule has 0 fully saturated rings. The topological polar surface area (TPSA) is 23.5 Å². The van der Waals surface area contributed by atoms with Crippen molar-refractivity contribution in [3.8, 4) is 0 Å². The van der Waals surface area contributed by atoms with Crippen molar-refractivity contribution in [1.82, 2.24) is 0 Å². The second-order valence-corrected chi connectivity index (χ2v) is 5.04. The highest BCUT2D eigenvalue weighted by atomic mass is 79.9. The Hall–Kier alpha value is -0.540. The number of benzene rings is 1. The Morgan fingerprint density at radius 1 is 1.44 bits per heavy atom. The van der Waals surface area contributed by atoms with E-state index in [4.69, 9.17) is 5.11 Å². The van der Waals surface area contributed by atoms with E-state index in [2.05, 4.69) is 53.9 Å². The molecule has 0 aliphatic carbocycles. The van der Waals surface area contributed by atoms with Crippen LogP contribution in [0.25, 0.3) is 0 Å². The predicted molar refractivity (Wildman–Crippen MR) is 72.8 cm³/mol. The lowest BCUT2D eigenvalue weighted by atomic mass is 10.1. The van der Waals surface area contributed by atoms with E-state index in [1.54, 1.807) is 0 Å². The SMILES string of the molecule is CCCC(C)N(C)c1ccc(CO)c(Br)c1. The van der Waals surface area contributed by atoms with Gasteiger partial charge in [0.25, 0.3) is 0 Å². The van der Waals surface area contributed by atoms with Gasteiger partial charge in [-0.2, -0.15) is 0 Å². The standard InChI is InChI=1S/C13H20BrNO/c1-4-5-10(2)15(3)12-7-6-11(9-16)13(14)8-12/h6-8,10,16H,4-5,9H2,1-3H3. The highest BCUT2D eigenvalue weighted by Crippen LogP contribution is 2.25. The molecule has 0 heterocycles. The lowest BCUT2D eigenvalue weighted by molar-refractivity contribution is 0.281. The Balaban J connectivity index is 2.84. The van der Waals surface area contributed by atoms with E-state index >= 15 is 0 Å². The summed E-state index contributed by atoms with van der Waals surface area (Å²) in [6.07, 6.45) is 2.39. The van der Waals surface area contributed by atoms with E-state index in [0.29, 0.717) is 6.04 Å². The van der Waals surface area contributed by atoms with Gasteiger partial charge in [-0.25, -0.2) is 0 Å². The van der Waals surface area contributed by atoms with E-state index in [-0.39, 0.29) is 6.61 Å². The fourth-order valence-corrected chi connectivity index (χ4v) is 2.24. The average Bonchev–Trinajstić information content (AvgIpc) is 2.28. The van der Waals surface area contributed by atoms with Gasteiger partial charge in [-0.05, 0) is 31.0 Å². The van der Waals surface area contributed by atoms with Gasteiger partial charge in [-0.1, -0.05) is 35.3 Å². The van der Waals surface area contributed by atoms with Crippen LogP contribution in [0.3, 0.4) is 0 Å². The monoisotopic (exact) mass is 285 g/mol. The fourth-order valence-electron chi connectivity index (χ4n) is 1.75. The van der Waals surface area contributed by atoms with Crippen LogP contribution in [0.2, 0.25) is 0 Å². The number of hydrogen-bond donors (Lipinski definition) is 1. The first-order valence-electron chi connectivity index (χ1n) is 5.72. The van der Waals surface area contributed by atoms with Crippen LogP contribution < -0.4 is 4.90 Å². The van der Waals surface area contributed by atoms with Crippen LogP contribution >= 0.6 is 15.9 Å². The lowest BCUT2D eigenvalue weighted by Crippen LogP contribution is -2.28. The summed E-state index contributed by atoms with van der Waals surface area (Å²) < 4.78 is 0.975. The molecule has 16 heavy (non-hydrogen) atoms. The van der Waals surface area contributed by atoms with Crippen molar-refractivity contribution >= 4 is 21.6 Å². The molecule has 90 valence electrons. The molecule has 0 saturated heterocycles. The maximum atomic E-state index is 9.10. The van der Waals surface area contributed by atoms with E-state index in [0.717, 1.165) is 10.0 Å². The maximum Gasteiger partial charge on any atom is 0.0692 e. The summed E-state index contributed by atoms with van der Waals surface area (Å²) in [5.41, 5.74) is 2.12. The third-order valence-electron chi connectivity index (χ3n) is 2.98. The van der Waals surface area contributed by atoms with E-state index in [1.165, 1.54) is 18.5 Å². The zero-order valence-electron chi connectivity index (χ0n) is 10.2. The lowest BCUT2D eigenvalue weighted by Gasteiger charge is -2.27. The van der Waals surface area contributed by atoms with Crippen molar-refractivity contribution in [1.29, 1.82) is 0 Å². The van der Waals surface area contributed by atoms with Crippen molar-refractivity contribution in [3.05, 3.63) is 28.2 Å². The summed E-state index contributed by atoms with van der Waals surface area (Å²) in [5, 5.41) is 9.10. The molecule has 1 unspecified atom stereocenters. The molecular formula is C13H20BrNO. The molecule has 1 atom stereocenters. The fraction of sp³-hybridized carbons (Fsp3) is 0.538. The van der Waals surface area contributed by atoms with Crippen molar-refractivity contribution in [2.24, 2.45) is 0 Å². The first kappa shape index (κ1) is 13.5. The molecule has 0 bridgehead atoms. The number of anilines is 1. The third-order valence-corrected chi connectivity index (χ3v) is 3.72. The van der Waals surface area contributed by atoms with Gasteiger partial charge in [0.15, 0.2) is 0 Å². The van der Waals surface area contributed by atoms with Crippen molar-refractivity contribution < 1.29 is 5.11 Å². The Labute approximate surface area is 106 Å². The second kappa shape index (κ2) is 6.26. The molecule has 1 N–H and O–H groups in total. The predicted octanol–water partition coefficient (Wildman–Crippen LogP) is 3.57. The molecule has 3 heteroatoms. The van der Waals surface area contributed by atoms with Crippen LogP contribution in [0.4, 0.5) is 5.69 Å². The molecule has 0 aliphatic rings. The quantitative estimate of drug-likeness (QED) is 0.894. The van der Waals surface area contributed by atoms with Crippen LogP contribution in [0, 0.1) is 0 Å². The van der Waals surface area contributed by atoms with Gasteiger partial charge in [-0.15, -0.1) is 0 Å². The number of aliphatic hydroxyl groups excluding tert-OH is 1. The summed E-state index contributed by atoms with van der Waals surface area (Å²) in [6, 6.07) is 6.63. The first-order chi connectivity index (χ1) is 7.60. The average molecular weight is 286 g/mol. The summed E-state index contributed by atoms with van der Waals surface area (Å²) in [7, 11) is 2.11. The van der Waals surface area contributed by atoms with Gasteiger partial charge >= 0.3 is 0 Å². The molecule has 0 spiro atoms. The van der Waals surface area contributed by atoms with Gasteiger partial charge in [0, 0.05) is 23.2 Å². The normalized spacial score (nSPS) is 12.6. The van der Waals surface area contributed by atoms with Crippen LogP contribution in [-0.2, 0) is 6.61 Å². The molecule has 0 aromatic heterocycles. The Bertz CT molecular complexity index is 341. The second-order valence-electron chi connectivity index (χ2n) is 4.18. The zero-order chi connectivity index (χ0) is 12.1. The number of halogens is 1. The molecule has 0 aliphatic heterocycles. The molecular weight excluding hydrogens is 266 g/mol. The molecule has 1 aromatic carbocycles. The summed E-state index contributed by atoms with van der Waals surface area (Å²) in [4.78, 5) is 2.27. The molecule has 0 radical (unpaired) electrons. The van der Waals surface area contributed by atoms with E-state index in [9.17, 15) is 0 Å². The van der Waals surface area contributed by atoms with Crippen molar-refractivity contribution in [2.45, 2.75) is 39.3 Å². The summed E-state index contributed by atoms with van der Waals surface area (Å²) in [6.45, 7) is 4.52. The third kappa shape index (κ3) is 3.22.